The van der Waals surface area contributed by atoms with Gasteiger partial charge in [0.25, 0.3) is 0 Å². The van der Waals surface area contributed by atoms with Gasteiger partial charge in [0.2, 0.25) is 0 Å². The Hall–Kier alpha value is -0.330. The van der Waals surface area contributed by atoms with Crippen LogP contribution in [0.3, 0.4) is 0 Å². The van der Waals surface area contributed by atoms with Crippen molar-refractivity contribution in [1.29, 1.82) is 0 Å². The molecule has 1 N–H and O–H groups in total. The first-order valence-electron chi connectivity index (χ1n) is 5.97. The summed E-state index contributed by atoms with van der Waals surface area (Å²) in [4.78, 5) is 2.05. The SMILES string of the molecule is CCC1CN(CCOCC(F)(F)F)CCC1O. The Morgan fingerprint density at radius 3 is 2.71 bits per heavy atom. The summed E-state index contributed by atoms with van der Waals surface area (Å²) in [5.74, 6) is 0.228. The smallest absolute Gasteiger partial charge is 0.393 e. The minimum absolute atomic E-state index is 0.0893. The molecule has 0 saturated carbocycles. The molecule has 2 unspecified atom stereocenters. The fourth-order valence-electron chi connectivity index (χ4n) is 2.08. The van der Waals surface area contributed by atoms with E-state index in [1.54, 1.807) is 0 Å². The Morgan fingerprint density at radius 2 is 2.12 bits per heavy atom. The maximum atomic E-state index is 11.8. The van der Waals surface area contributed by atoms with Gasteiger partial charge in [-0.05, 0) is 18.8 Å². The number of ether oxygens (including phenoxy) is 1. The average molecular weight is 255 g/mol. The molecule has 6 heteroatoms. The van der Waals surface area contributed by atoms with E-state index in [2.05, 4.69) is 9.64 Å². The predicted molar refractivity (Wildman–Crippen MR) is 57.7 cm³/mol. The molecule has 0 aromatic carbocycles. The molecule has 0 bridgehead atoms. The summed E-state index contributed by atoms with van der Waals surface area (Å²) in [7, 11) is 0. The van der Waals surface area contributed by atoms with Gasteiger partial charge in [0.1, 0.15) is 6.61 Å². The topological polar surface area (TPSA) is 32.7 Å². The second kappa shape index (κ2) is 6.56. The van der Waals surface area contributed by atoms with Crippen LogP contribution in [0.25, 0.3) is 0 Å². The lowest BCUT2D eigenvalue weighted by Crippen LogP contribution is -2.44. The summed E-state index contributed by atoms with van der Waals surface area (Å²) in [6, 6.07) is 0. The lowest BCUT2D eigenvalue weighted by molar-refractivity contribution is -0.175. The van der Waals surface area contributed by atoms with Crippen LogP contribution in [0.4, 0.5) is 13.2 Å². The van der Waals surface area contributed by atoms with E-state index in [1.165, 1.54) is 0 Å². The fourth-order valence-corrected chi connectivity index (χ4v) is 2.08. The van der Waals surface area contributed by atoms with Crippen molar-refractivity contribution >= 4 is 0 Å². The number of halogens is 3. The van der Waals surface area contributed by atoms with Crippen LogP contribution in [-0.2, 0) is 4.74 Å². The highest BCUT2D eigenvalue weighted by molar-refractivity contribution is 4.78. The van der Waals surface area contributed by atoms with Gasteiger partial charge in [-0.25, -0.2) is 0 Å². The van der Waals surface area contributed by atoms with E-state index in [1.807, 2.05) is 6.92 Å². The number of nitrogens with zero attached hydrogens (tertiary/aromatic N) is 1. The van der Waals surface area contributed by atoms with Crippen molar-refractivity contribution in [3.8, 4) is 0 Å². The molecule has 102 valence electrons. The number of piperidine rings is 1. The van der Waals surface area contributed by atoms with Crippen LogP contribution in [0.5, 0.6) is 0 Å². The number of hydrogen-bond acceptors (Lipinski definition) is 3. The van der Waals surface area contributed by atoms with E-state index in [0.717, 1.165) is 19.5 Å². The molecule has 1 rings (SSSR count). The lowest BCUT2D eigenvalue weighted by atomic mass is 9.92. The molecular weight excluding hydrogens is 235 g/mol. The fraction of sp³-hybridized carbons (Fsp3) is 1.00. The molecule has 0 radical (unpaired) electrons. The van der Waals surface area contributed by atoms with Gasteiger partial charge in [0.15, 0.2) is 0 Å². The second-order valence-electron chi connectivity index (χ2n) is 4.49. The minimum atomic E-state index is -4.25. The molecule has 0 aromatic rings. The van der Waals surface area contributed by atoms with Crippen molar-refractivity contribution in [2.24, 2.45) is 5.92 Å². The third-order valence-corrected chi connectivity index (χ3v) is 3.12. The zero-order chi connectivity index (χ0) is 12.9. The predicted octanol–water partition coefficient (Wildman–Crippen LogP) is 1.66. The van der Waals surface area contributed by atoms with Crippen molar-refractivity contribution in [1.82, 2.24) is 4.90 Å². The van der Waals surface area contributed by atoms with Crippen molar-refractivity contribution < 1.29 is 23.0 Å². The average Bonchev–Trinajstić information content (AvgIpc) is 2.25. The minimum Gasteiger partial charge on any atom is -0.393 e. The van der Waals surface area contributed by atoms with E-state index in [-0.39, 0.29) is 18.6 Å². The highest BCUT2D eigenvalue weighted by Gasteiger charge is 2.28. The molecule has 0 aromatic heterocycles. The first-order chi connectivity index (χ1) is 7.92. The van der Waals surface area contributed by atoms with Gasteiger partial charge < -0.3 is 14.7 Å². The molecule has 0 amide bonds. The standard InChI is InChI=1S/C11H20F3NO2/c1-2-9-7-15(4-3-10(9)16)5-6-17-8-11(12,13)14/h9-10,16H,2-8H2,1H3. The van der Waals surface area contributed by atoms with Gasteiger partial charge >= 0.3 is 6.18 Å². The van der Waals surface area contributed by atoms with Crippen molar-refractivity contribution in [2.45, 2.75) is 32.0 Å². The molecule has 1 heterocycles. The molecule has 2 atom stereocenters. The van der Waals surface area contributed by atoms with Gasteiger partial charge in [-0.2, -0.15) is 13.2 Å². The number of likely N-dealkylation sites (tertiary alicyclic amines) is 1. The quantitative estimate of drug-likeness (QED) is 0.758. The Morgan fingerprint density at radius 1 is 1.41 bits per heavy atom. The van der Waals surface area contributed by atoms with Crippen LogP contribution in [0.1, 0.15) is 19.8 Å². The number of alkyl halides is 3. The van der Waals surface area contributed by atoms with Crippen molar-refractivity contribution in [2.75, 3.05) is 32.8 Å². The summed E-state index contributed by atoms with van der Waals surface area (Å²) in [5, 5.41) is 9.66. The zero-order valence-corrected chi connectivity index (χ0v) is 10.0. The molecule has 0 aliphatic carbocycles. The van der Waals surface area contributed by atoms with E-state index in [9.17, 15) is 18.3 Å². The van der Waals surface area contributed by atoms with Crippen molar-refractivity contribution in [3.63, 3.8) is 0 Å². The highest BCUT2D eigenvalue weighted by atomic mass is 19.4. The third-order valence-electron chi connectivity index (χ3n) is 3.12. The normalized spacial score (nSPS) is 27.4. The molecular formula is C11H20F3NO2. The van der Waals surface area contributed by atoms with Crippen LogP contribution in [-0.4, -0.2) is 55.1 Å². The monoisotopic (exact) mass is 255 g/mol. The van der Waals surface area contributed by atoms with Gasteiger partial charge in [-0.3, -0.25) is 0 Å². The summed E-state index contributed by atoms with van der Waals surface area (Å²) in [6.45, 7) is 2.89. The van der Waals surface area contributed by atoms with Crippen molar-refractivity contribution in [3.05, 3.63) is 0 Å². The second-order valence-corrected chi connectivity index (χ2v) is 4.49. The van der Waals surface area contributed by atoms with Crippen LogP contribution in [0.2, 0.25) is 0 Å². The first kappa shape index (κ1) is 14.7. The number of hydrogen-bond donors (Lipinski definition) is 1. The molecule has 0 spiro atoms. The summed E-state index contributed by atoms with van der Waals surface area (Å²) < 4.78 is 40.0. The maximum absolute atomic E-state index is 11.8. The lowest BCUT2D eigenvalue weighted by Gasteiger charge is -2.35. The summed E-state index contributed by atoms with van der Waals surface area (Å²) >= 11 is 0. The maximum Gasteiger partial charge on any atom is 0.411 e. The Bertz CT molecular complexity index is 223. The molecule has 1 fully saturated rings. The number of aliphatic hydroxyl groups is 1. The third kappa shape index (κ3) is 5.70. The Balaban J connectivity index is 2.16. The molecule has 17 heavy (non-hydrogen) atoms. The van der Waals surface area contributed by atoms with Crippen LogP contribution in [0, 0.1) is 5.92 Å². The molecule has 1 aliphatic heterocycles. The van der Waals surface area contributed by atoms with Gasteiger partial charge in [-0.15, -0.1) is 0 Å². The van der Waals surface area contributed by atoms with E-state index in [4.69, 9.17) is 0 Å². The van der Waals surface area contributed by atoms with Crippen LogP contribution < -0.4 is 0 Å². The summed E-state index contributed by atoms with van der Waals surface area (Å²) in [6.07, 6.45) is -2.93. The Kier molecular flexibility index (Phi) is 5.69. The highest BCUT2D eigenvalue weighted by Crippen LogP contribution is 2.20. The Labute approximate surface area is 99.5 Å². The molecule has 1 aliphatic rings. The van der Waals surface area contributed by atoms with Gasteiger partial charge in [0.05, 0.1) is 12.7 Å². The zero-order valence-electron chi connectivity index (χ0n) is 10.0. The summed E-state index contributed by atoms with van der Waals surface area (Å²) in [5.41, 5.74) is 0. The van der Waals surface area contributed by atoms with E-state index >= 15 is 0 Å². The molecule has 1 saturated heterocycles. The number of aliphatic hydroxyl groups excluding tert-OH is 1. The van der Waals surface area contributed by atoms with Crippen LogP contribution >= 0.6 is 0 Å². The van der Waals surface area contributed by atoms with E-state index in [0.29, 0.717) is 13.0 Å². The van der Waals surface area contributed by atoms with Gasteiger partial charge in [-0.1, -0.05) is 6.92 Å². The van der Waals surface area contributed by atoms with Crippen LogP contribution in [0.15, 0.2) is 0 Å². The van der Waals surface area contributed by atoms with E-state index < -0.39 is 12.8 Å². The largest absolute Gasteiger partial charge is 0.411 e. The number of rotatable bonds is 5. The molecule has 3 nitrogen and oxygen atoms in total. The first-order valence-corrected chi connectivity index (χ1v) is 5.97. The van der Waals surface area contributed by atoms with Gasteiger partial charge in [0, 0.05) is 19.6 Å².